The third-order valence-electron chi connectivity index (χ3n) is 3.14. The Morgan fingerprint density at radius 3 is 2.29 bits per heavy atom. The number of rotatable bonds is 3. The number of nitrogens with zero attached hydrogens (tertiary/aromatic N) is 1. The number of hydrogen-bond acceptors (Lipinski definition) is 4. The van der Waals surface area contributed by atoms with Gasteiger partial charge >= 0.3 is 0 Å². The Balaban J connectivity index is 2.27. The predicted octanol–water partition coefficient (Wildman–Crippen LogP) is 1.14. The van der Waals surface area contributed by atoms with Gasteiger partial charge in [-0.1, -0.05) is 6.92 Å². The second-order valence-electron chi connectivity index (χ2n) is 5.46. The third-order valence-corrected chi connectivity index (χ3v) is 5.01. The van der Waals surface area contributed by atoms with Crippen LogP contribution in [0, 0.1) is 5.92 Å². The lowest BCUT2D eigenvalue weighted by Crippen LogP contribution is -2.31. The molecule has 1 aromatic rings. The van der Waals surface area contributed by atoms with Crippen LogP contribution in [-0.4, -0.2) is 32.0 Å². The van der Waals surface area contributed by atoms with Crippen molar-refractivity contribution in [3.05, 3.63) is 29.8 Å². The molecule has 0 saturated carbocycles. The van der Waals surface area contributed by atoms with E-state index in [1.54, 1.807) is 6.92 Å². The van der Waals surface area contributed by atoms with Gasteiger partial charge in [-0.15, -0.1) is 0 Å². The van der Waals surface area contributed by atoms with E-state index in [9.17, 15) is 18.0 Å². The minimum absolute atomic E-state index is 0.0126. The number of hydrogen-bond donors (Lipinski definition) is 1. The summed E-state index contributed by atoms with van der Waals surface area (Å²) in [5.41, 5.74) is 0.690. The van der Waals surface area contributed by atoms with Crippen molar-refractivity contribution in [1.29, 1.82) is 0 Å². The quantitative estimate of drug-likeness (QED) is 0.907. The van der Waals surface area contributed by atoms with Crippen LogP contribution in [0.2, 0.25) is 0 Å². The first-order valence-corrected chi connectivity index (χ1v) is 8.31. The molecule has 0 aliphatic carbocycles. The highest BCUT2D eigenvalue weighted by Gasteiger charge is 2.41. The van der Waals surface area contributed by atoms with Crippen molar-refractivity contribution in [3.63, 3.8) is 0 Å². The number of sulfonamides is 1. The Bertz CT molecular complexity index is 665. The normalized spacial score (nSPS) is 20.9. The molecule has 0 aromatic heterocycles. The van der Waals surface area contributed by atoms with Gasteiger partial charge in [0.25, 0.3) is 5.91 Å². The summed E-state index contributed by atoms with van der Waals surface area (Å²) < 4.78 is 24.8. The molecular formula is C14H18N2O4S. The number of carbonyl (C=O) groups excluding carboxylic acids is 2. The molecule has 0 radical (unpaired) electrons. The Kier molecular flexibility index (Phi) is 4.04. The average molecular weight is 310 g/mol. The van der Waals surface area contributed by atoms with E-state index in [0.29, 0.717) is 5.56 Å². The summed E-state index contributed by atoms with van der Waals surface area (Å²) in [5.74, 6) is -1.39. The van der Waals surface area contributed by atoms with Crippen LogP contribution in [0.25, 0.3) is 0 Å². The molecule has 0 spiro atoms. The predicted molar refractivity (Wildman–Crippen MR) is 79.5 cm³/mol. The maximum Gasteiger partial charge on any atom is 0.251 e. The lowest BCUT2D eigenvalue weighted by Gasteiger charge is -2.15. The molecule has 1 aliphatic rings. The molecule has 1 fully saturated rings. The van der Waals surface area contributed by atoms with E-state index in [2.05, 4.69) is 5.32 Å². The lowest BCUT2D eigenvalue weighted by atomic mass is 10.1. The molecule has 7 heteroatoms. The zero-order valence-corrected chi connectivity index (χ0v) is 13.0. The minimum Gasteiger partial charge on any atom is -0.350 e. The second-order valence-corrected chi connectivity index (χ2v) is 7.32. The van der Waals surface area contributed by atoms with Crippen molar-refractivity contribution in [2.45, 2.75) is 26.8 Å². The molecule has 6 nitrogen and oxygen atoms in total. The van der Waals surface area contributed by atoms with Crippen molar-refractivity contribution in [2.24, 2.45) is 5.92 Å². The SMILES string of the molecule is CC(C)NC(=O)c1ccc(N2C(=O)C(C)CS2(=O)=O)cc1. The number of benzene rings is 1. The largest absolute Gasteiger partial charge is 0.350 e. The summed E-state index contributed by atoms with van der Waals surface area (Å²) in [6.45, 7) is 5.29. The second kappa shape index (κ2) is 5.48. The zero-order chi connectivity index (χ0) is 15.8. The molecule has 1 aliphatic heterocycles. The Morgan fingerprint density at radius 2 is 1.86 bits per heavy atom. The van der Waals surface area contributed by atoms with Crippen molar-refractivity contribution in [1.82, 2.24) is 5.32 Å². The summed E-state index contributed by atoms with van der Waals surface area (Å²) in [6, 6.07) is 5.99. The average Bonchev–Trinajstić information content (AvgIpc) is 2.57. The maximum absolute atomic E-state index is 12.0. The maximum atomic E-state index is 12.0. The molecule has 2 amide bonds. The number of amides is 2. The zero-order valence-electron chi connectivity index (χ0n) is 12.2. The van der Waals surface area contributed by atoms with E-state index >= 15 is 0 Å². The fourth-order valence-electron chi connectivity index (χ4n) is 2.18. The Morgan fingerprint density at radius 1 is 1.29 bits per heavy atom. The van der Waals surface area contributed by atoms with Gasteiger partial charge in [0.15, 0.2) is 0 Å². The summed E-state index contributed by atoms with van der Waals surface area (Å²) in [4.78, 5) is 23.8. The Hall–Kier alpha value is -1.89. The molecule has 2 rings (SSSR count). The van der Waals surface area contributed by atoms with E-state index in [-0.39, 0.29) is 23.4 Å². The van der Waals surface area contributed by atoms with E-state index in [1.165, 1.54) is 24.3 Å². The standard InChI is InChI=1S/C14H18N2O4S/c1-9(2)15-13(17)11-4-6-12(7-5-11)16-14(18)10(3)8-21(16,19)20/h4-7,9-10H,8H2,1-3H3,(H,15,17). The highest BCUT2D eigenvalue weighted by molar-refractivity contribution is 7.94. The van der Waals surface area contributed by atoms with Gasteiger partial charge in [0.2, 0.25) is 15.9 Å². The summed E-state index contributed by atoms with van der Waals surface area (Å²) >= 11 is 0. The molecule has 1 heterocycles. The van der Waals surface area contributed by atoms with Gasteiger partial charge in [-0.25, -0.2) is 12.7 Å². The van der Waals surface area contributed by atoms with Gasteiger partial charge in [-0.3, -0.25) is 9.59 Å². The molecule has 1 unspecified atom stereocenters. The molecule has 0 bridgehead atoms. The lowest BCUT2D eigenvalue weighted by molar-refractivity contribution is -0.119. The highest BCUT2D eigenvalue weighted by atomic mass is 32.2. The van der Waals surface area contributed by atoms with Crippen LogP contribution in [0.5, 0.6) is 0 Å². The number of carbonyl (C=O) groups is 2. The monoisotopic (exact) mass is 310 g/mol. The van der Waals surface area contributed by atoms with Crippen LogP contribution in [0.4, 0.5) is 5.69 Å². The summed E-state index contributed by atoms with van der Waals surface area (Å²) in [7, 11) is -3.61. The number of nitrogens with one attached hydrogen (secondary N) is 1. The topological polar surface area (TPSA) is 83.6 Å². The minimum atomic E-state index is -3.61. The van der Waals surface area contributed by atoms with Crippen LogP contribution in [-0.2, 0) is 14.8 Å². The van der Waals surface area contributed by atoms with Crippen LogP contribution < -0.4 is 9.62 Å². The first kappa shape index (κ1) is 15.5. The van der Waals surface area contributed by atoms with Gasteiger partial charge in [-0.2, -0.15) is 0 Å². The van der Waals surface area contributed by atoms with Crippen LogP contribution in [0.1, 0.15) is 31.1 Å². The summed E-state index contributed by atoms with van der Waals surface area (Å²) in [5, 5.41) is 2.74. The van der Waals surface area contributed by atoms with Crippen molar-refractivity contribution >= 4 is 27.5 Å². The summed E-state index contributed by atoms with van der Waals surface area (Å²) in [6.07, 6.45) is 0. The molecule has 1 aromatic carbocycles. The van der Waals surface area contributed by atoms with Gasteiger partial charge in [0.05, 0.1) is 17.4 Å². The molecule has 114 valence electrons. The molecule has 1 N–H and O–H groups in total. The van der Waals surface area contributed by atoms with Crippen LogP contribution >= 0.6 is 0 Å². The van der Waals surface area contributed by atoms with Crippen molar-refractivity contribution in [2.75, 3.05) is 10.1 Å². The van der Waals surface area contributed by atoms with E-state index < -0.39 is 21.8 Å². The van der Waals surface area contributed by atoms with Crippen LogP contribution in [0.3, 0.4) is 0 Å². The first-order valence-electron chi connectivity index (χ1n) is 6.70. The van der Waals surface area contributed by atoms with Crippen molar-refractivity contribution in [3.8, 4) is 0 Å². The molecule has 1 saturated heterocycles. The third kappa shape index (κ3) is 3.07. The highest BCUT2D eigenvalue weighted by Crippen LogP contribution is 2.28. The molecular weight excluding hydrogens is 292 g/mol. The van der Waals surface area contributed by atoms with E-state index in [1.807, 2.05) is 13.8 Å². The molecule has 1 atom stereocenters. The fraction of sp³-hybridized carbons (Fsp3) is 0.429. The Labute approximate surface area is 124 Å². The number of anilines is 1. The first-order chi connectivity index (χ1) is 9.72. The fourth-order valence-corrected chi connectivity index (χ4v) is 4.00. The molecule has 21 heavy (non-hydrogen) atoms. The van der Waals surface area contributed by atoms with Gasteiger partial charge in [0.1, 0.15) is 0 Å². The van der Waals surface area contributed by atoms with Crippen molar-refractivity contribution < 1.29 is 18.0 Å². The smallest absolute Gasteiger partial charge is 0.251 e. The van der Waals surface area contributed by atoms with Gasteiger partial charge in [0, 0.05) is 11.6 Å². The van der Waals surface area contributed by atoms with E-state index in [0.717, 1.165) is 4.31 Å². The van der Waals surface area contributed by atoms with Gasteiger partial charge in [-0.05, 0) is 38.1 Å². The van der Waals surface area contributed by atoms with Crippen LogP contribution in [0.15, 0.2) is 24.3 Å². The van der Waals surface area contributed by atoms with E-state index in [4.69, 9.17) is 0 Å². The van der Waals surface area contributed by atoms with Gasteiger partial charge < -0.3 is 5.32 Å².